The molecule has 0 fully saturated rings. The van der Waals surface area contributed by atoms with Gasteiger partial charge in [0.05, 0.1) is 19.9 Å². The van der Waals surface area contributed by atoms with Crippen molar-refractivity contribution in [2.45, 2.75) is 6.92 Å². The standard InChI is InChI=1S/C19H20N2O4/c1-13(22)14(12-20-15-8-4-6-10-17(15)24-2)19(23)21-16-9-5-7-11-18(16)25-3/h4-12,14H,1-3H3,(H,21,23). The van der Waals surface area contributed by atoms with Gasteiger partial charge in [0.2, 0.25) is 5.91 Å². The van der Waals surface area contributed by atoms with Crippen LogP contribution in [0, 0.1) is 5.92 Å². The number of hydrogen-bond donors (Lipinski definition) is 1. The fourth-order valence-corrected chi connectivity index (χ4v) is 2.21. The second kappa shape index (κ2) is 8.63. The van der Waals surface area contributed by atoms with E-state index in [1.165, 1.54) is 27.4 Å². The number of rotatable bonds is 7. The fourth-order valence-electron chi connectivity index (χ4n) is 2.21. The molecular formula is C19H20N2O4. The third-order valence-electron chi connectivity index (χ3n) is 3.53. The highest BCUT2D eigenvalue weighted by Gasteiger charge is 2.22. The van der Waals surface area contributed by atoms with Gasteiger partial charge in [-0.15, -0.1) is 0 Å². The van der Waals surface area contributed by atoms with Crippen molar-refractivity contribution >= 4 is 29.3 Å². The van der Waals surface area contributed by atoms with E-state index in [-0.39, 0.29) is 5.78 Å². The van der Waals surface area contributed by atoms with E-state index < -0.39 is 11.8 Å². The summed E-state index contributed by atoms with van der Waals surface area (Å²) >= 11 is 0. The van der Waals surface area contributed by atoms with Crippen LogP contribution in [0.15, 0.2) is 53.5 Å². The normalized spacial score (nSPS) is 11.8. The summed E-state index contributed by atoms with van der Waals surface area (Å²) in [5.41, 5.74) is 1.04. The Kier molecular flexibility index (Phi) is 6.28. The zero-order valence-corrected chi connectivity index (χ0v) is 14.4. The molecule has 1 amide bonds. The van der Waals surface area contributed by atoms with Crippen molar-refractivity contribution in [3.63, 3.8) is 0 Å². The van der Waals surface area contributed by atoms with Gasteiger partial charge in [-0.25, -0.2) is 0 Å². The number of benzene rings is 2. The third kappa shape index (κ3) is 4.67. The minimum absolute atomic E-state index is 0.314. The lowest BCUT2D eigenvalue weighted by Gasteiger charge is -2.13. The van der Waals surface area contributed by atoms with Crippen LogP contribution >= 0.6 is 0 Å². The Morgan fingerprint density at radius 1 is 1.00 bits per heavy atom. The molecule has 0 aliphatic carbocycles. The van der Waals surface area contributed by atoms with Crippen molar-refractivity contribution in [2.24, 2.45) is 10.9 Å². The van der Waals surface area contributed by atoms with Gasteiger partial charge < -0.3 is 14.8 Å². The van der Waals surface area contributed by atoms with Crippen LogP contribution in [-0.2, 0) is 9.59 Å². The number of anilines is 1. The SMILES string of the molecule is COc1ccccc1N=CC(C(C)=O)C(=O)Nc1ccccc1OC. The van der Waals surface area contributed by atoms with Crippen molar-refractivity contribution in [3.8, 4) is 11.5 Å². The molecule has 2 rings (SSSR count). The van der Waals surface area contributed by atoms with E-state index in [0.29, 0.717) is 22.9 Å². The monoisotopic (exact) mass is 340 g/mol. The molecule has 130 valence electrons. The number of amides is 1. The molecule has 1 atom stereocenters. The van der Waals surface area contributed by atoms with Gasteiger partial charge in [-0.05, 0) is 31.2 Å². The Labute approximate surface area is 146 Å². The molecule has 2 aromatic carbocycles. The predicted molar refractivity (Wildman–Crippen MR) is 96.9 cm³/mol. The molecule has 0 aliphatic rings. The number of methoxy groups -OCH3 is 2. The van der Waals surface area contributed by atoms with Crippen LogP contribution in [0.2, 0.25) is 0 Å². The predicted octanol–water partition coefficient (Wildman–Crippen LogP) is 3.25. The lowest BCUT2D eigenvalue weighted by atomic mass is 10.1. The molecule has 1 N–H and O–H groups in total. The quantitative estimate of drug-likeness (QED) is 0.620. The van der Waals surface area contributed by atoms with E-state index in [1.807, 2.05) is 6.07 Å². The van der Waals surface area contributed by atoms with Crippen LogP contribution in [0.4, 0.5) is 11.4 Å². The summed E-state index contributed by atoms with van der Waals surface area (Å²) < 4.78 is 10.4. The van der Waals surface area contributed by atoms with Gasteiger partial charge in [0.1, 0.15) is 28.9 Å². The Morgan fingerprint density at radius 2 is 1.60 bits per heavy atom. The molecule has 0 bridgehead atoms. The number of ether oxygens (including phenoxy) is 2. The van der Waals surface area contributed by atoms with Crippen LogP contribution in [-0.4, -0.2) is 32.1 Å². The fraction of sp³-hybridized carbons (Fsp3) is 0.211. The molecule has 0 heterocycles. The third-order valence-corrected chi connectivity index (χ3v) is 3.53. The Morgan fingerprint density at radius 3 is 2.24 bits per heavy atom. The minimum Gasteiger partial charge on any atom is -0.495 e. The summed E-state index contributed by atoms with van der Waals surface area (Å²) in [5.74, 6) is -0.734. The molecule has 0 spiro atoms. The maximum Gasteiger partial charge on any atom is 0.240 e. The van der Waals surface area contributed by atoms with Crippen molar-refractivity contribution < 1.29 is 19.1 Å². The first-order valence-corrected chi connectivity index (χ1v) is 7.68. The number of nitrogens with zero attached hydrogens (tertiary/aromatic N) is 1. The van der Waals surface area contributed by atoms with E-state index >= 15 is 0 Å². The summed E-state index contributed by atoms with van der Waals surface area (Å²) in [4.78, 5) is 28.6. The van der Waals surface area contributed by atoms with Crippen molar-refractivity contribution in [1.82, 2.24) is 0 Å². The maximum atomic E-state index is 12.5. The van der Waals surface area contributed by atoms with Crippen molar-refractivity contribution in [1.29, 1.82) is 0 Å². The van der Waals surface area contributed by atoms with E-state index in [1.54, 1.807) is 42.5 Å². The van der Waals surface area contributed by atoms with Crippen LogP contribution in [0.5, 0.6) is 11.5 Å². The molecule has 6 heteroatoms. The number of aliphatic imine (C=N–C) groups is 1. The summed E-state index contributed by atoms with van der Waals surface area (Å²) in [6.07, 6.45) is 1.32. The summed E-state index contributed by atoms with van der Waals surface area (Å²) in [6, 6.07) is 14.1. The van der Waals surface area contributed by atoms with E-state index in [0.717, 1.165) is 0 Å². The minimum atomic E-state index is -1.02. The first kappa shape index (κ1) is 18.2. The number of hydrogen-bond acceptors (Lipinski definition) is 5. The molecule has 0 saturated carbocycles. The van der Waals surface area contributed by atoms with Gasteiger partial charge in [-0.2, -0.15) is 0 Å². The van der Waals surface area contributed by atoms with E-state index in [2.05, 4.69) is 10.3 Å². The second-order valence-electron chi connectivity index (χ2n) is 5.23. The molecule has 6 nitrogen and oxygen atoms in total. The molecular weight excluding hydrogens is 320 g/mol. The first-order chi connectivity index (χ1) is 12.1. The maximum absolute atomic E-state index is 12.5. The molecule has 0 saturated heterocycles. The number of carbonyl (C=O) groups excluding carboxylic acids is 2. The highest BCUT2D eigenvalue weighted by molar-refractivity contribution is 6.17. The van der Waals surface area contributed by atoms with Gasteiger partial charge in [0.15, 0.2) is 0 Å². The smallest absolute Gasteiger partial charge is 0.240 e. The van der Waals surface area contributed by atoms with E-state index in [4.69, 9.17) is 9.47 Å². The number of carbonyl (C=O) groups is 2. The molecule has 1 unspecified atom stereocenters. The Hall–Kier alpha value is -3.15. The van der Waals surface area contributed by atoms with Gasteiger partial charge in [-0.1, -0.05) is 24.3 Å². The average Bonchev–Trinajstić information content (AvgIpc) is 2.62. The highest BCUT2D eigenvalue weighted by atomic mass is 16.5. The van der Waals surface area contributed by atoms with Crippen LogP contribution in [0.3, 0.4) is 0 Å². The molecule has 0 aliphatic heterocycles. The molecule has 0 aromatic heterocycles. The number of Topliss-reactive ketones (excluding diaryl/α,β-unsaturated/α-hetero) is 1. The highest BCUT2D eigenvalue weighted by Crippen LogP contribution is 2.27. The van der Waals surface area contributed by atoms with E-state index in [9.17, 15) is 9.59 Å². The summed E-state index contributed by atoms with van der Waals surface area (Å²) in [7, 11) is 3.04. The van der Waals surface area contributed by atoms with Gasteiger partial charge >= 0.3 is 0 Å². The van der Waals surface area contributed by atoms with Crippen LogP contribution in [0.25, 0.3) is 0 Å². The zero-order valence-electron chi connectivity index (χ0n) is 14.4. The van der Waals surface area contributed by atoms with Crippen LogP contribution in [0.1, 0.15) is 6.92 Å². The first-order valence-electron chi connectivity index (χ1n) is 7.68. The van der Waals surface area contributed by atoms with Gasteiger partial charge in [0, 0.05) is 6.21 Å². The Bertz CT molecular complexity index is 786. The zero-order chi connectivity index (χ0) is 18.2. The lowest BCUT2D eigenvalue weighted by molar-refractivity contribution is -0.126. The number of nitrogens with one attached hydrogen (secondary N) is 1. The number of para-hydroxylation sites is 4. The Balaban J connectivity index is 2.21. The summed E-state index contributed by atoms with van der Waals surface area (Å²) in [6.45, 7) is 1.35. The number of ketones is 1. The molecule has 25 heavy (non-hydrogen) atoms. The van der Waals surface area contributed by atoms with Crippen molar-refractivity contribution in [3.05, 3.63) is 48.5 Å². The molecule has 2 aromatic rings. The van der Waals surface area contributed by atoms with Gasteiger partial charge in [0.25, 0.3) is 0 Å². The average molecular weight is 340 g/mol. The second-order valence-corrected chi connectivity index (χ2v) is 5.23. The summed E-state index contributed by atoms with van der Waals surface area (Å²) in [5, 5.41) is 2.70. The van der Waals surface area contributed by atoms with Crippen molar-refractivity contribution in [2.75, 3.05) is 19.5 Å². The lowest BCUT2D eigenvalue weighted by Crippen LogP contribution is -2.29. The van der Waals surface area contributed by atoms with Crippen LogP contribution < -0.4 is 14.8 Å². The van der Waals surface area contributed by atoms with Gasteiger partial charge in [-0.3, -0.25) is 14.6 Å². The molecule has 0 radical (unpaired) electrons. The topological polar surface area (TPSA) is 77.0 Å². The largest absolute Gasteiger partial charge is 0.495 e.